The lowest BCUT2D eigenvalue weighted by Gasteiger charge is -2.19. The molecule has 0 radical (unpaired) electrons. The summed E-state index contributed by atoms with van der Waals surface area (Å²) in [4.78, 5) is 11.7. The van der Waals surface area contributed by atoms with Crippen LogP contribution in [0.15, 0.2) is 42.5 Å². The Kier molecular flexibility index (Phi) is 3.65. The number of hydrogen-bond acceptors (Lipinski definition) is 4. The Balaban J connectivity index is 1.63. The molecule has 2 aliphatic rings. The van der Waals surface area contributed by atoms with Gasteiger partial charge in [-0.25, -0.2) is 0 Å². The van der Waals surface area contributed by atoms with Crippen molar-refractivity contribution in [3.05, 3.63) is 42.5 Å². The van der Waals surface area contributed by atoms with E-state index in [0.717, 1.165) is 5.75 Å². The third kappa shape index (κ3) is 2.71. The first-order valence-corrected chi connectivity index (χ1v) is 6.89. The van der Waals surface area contributed by atoms with Crippen molar-refractivity contribution in [1.82, 2.24) is 0 Å². The first kappa shape index (κ1) is 12.8. The van der Waals surface area contributed by atoms with Crippen LogP contribution in [0, 0.1) is 0 Å². The number of ketones is 1. The first-order valence-electron chi connectivity index (χ1n) is 6.22. The minimum absolute atomic E-state index is 0.0318. The van der Waals surface area contributed by atoms with Crippen LogP contribution in [0.5, 0.6) is 5.75 Å². The van der Waals surface area contributed by atoms with Gasteiger partial charge in [0.1, 0.15) is 11.9 Å². The van der Waals surface area contributed by atoms with Gasteiger partial charge in [-0.05, 0) is 24.6 Å². The van der Waals surface area contributed by atoms with Gasteiger partial charge in [0.2, 0.25) is 0 Å². The maximum absolute atomic E-state index is 11.7. The average molecular weight is 278 g/mol. The van der Waals surface area contributed by atoms with Crippen molar-refractivity contribution < 1.29 is 19.0 Å². The minimum atomic E-state index is -0.538. The summed E-state index contributed by atoms with van der Waals surface area (Å²) in [5.41, 5.74) is 0. The second-order valence-electron chi connectivity index (χ2n) is 4.54. The molecule has 1 aromatic carbocycles. The molecular formula is C14H15O4P. The number of ether oxygens (including phenoxy) is 3. The van der Waals surface area contributed by atoms with Crippen LogP contribution in [0.4, 0.5) is 0 Å². The van der Waals surface area contributed by atoms with Gasteiger partial charge in [0.05, 0.1) is 6.10 Å². The summed E-state index contributed by atoms with van der Waals surface area (Å²) in [6, 6.07) is 9.45. The van der Waals surface area contributed by atoms with Crippen molar-refractivity contribution in [1.29, 1.82) is 0 Å². The van der Waals surface area contributed by atoms with Crippen LogP contribution in [-0.2, 0) is 14.3 Å². The molecule has 1 fully saturated rings. The van der Waals surface area contributed by atoms with Crippen LogP contribution in [0.2, 0.25) is 0 Å². The zero-order chi connectivity index (χ0) is 13.2. The van der Waals surface area contributed by atoms with E-state index in [1.54, 1.807) is 6.08 Å². The van der Waals surface area contributed by atoms with Crippen LogP contribution in [0.25, 0.3) is 0 Å². The Hall–Kier alpha value is -1.22. The van der Waals surface area contributed by atoms with Crippen LogP contribution in [-0.4, -0.2) is 30.1 Å². The fraction of sp³-hybridized carbons (Fsp3) is 0.357. The lowest BCUT2D eigenvalue weighted by Crippen LogP contribution is -2.32. The van der Waals surface area contributed by atoms with E-state index in [0.29, 0.717) is 6.42 Å². The fourth-order valence-corrected chi connectivity index (χ4v) is 2.56. The number of carbonyl (C=O) groups is 1. The van der Waals surface area contributed by atoms with Crippen LogP contribution >= 0.6 is 9.24 Å². The second kappa shape index (κ2) is 5.41. The Morgan fingerprint density at radius 2 is 2.05 bits per heavy atom. The molecule has 5 heteroatoms. The van der Waals surface area contributed by atoms with Crippen LogP contribution < -0.4 is 4.74 Å². The lowest BCUT2D eigenvalue weighted by molar-refractivity contribution is -0.130. The van der Waals surface area contributed by atoms with Crippen molar-refractivity contribution in [3.8, 4) is 5.75 Å². The standard InChI is InChI=1S/C14H15O4P/c15-10-7-4-8-11-12(10)18-13(17-11)14(19)16-9-5-2-1-3-6-9/h1-7,11-14H,8,19H2/t11-,12+,13?,14?/m0/s1. The Morgan fingerprint density at radius 1 is 1.26 bits per heavy atom. The van der Waals surface area contributed by atoms with E-state index >= 15 is 0 Å². The zero-order valence-corrected chi connectivity index (χ0v) is 11.4. The highest BCUT2D eigenvalue weighted by Gasteiger charge is 2.43. The van der Waals surface area contributed by atoms with Gasteiger partial charge >= 0.3 is 0 Å². The number of para-hydroxylation sites is 1. The highest BCUT2D eigenvalue weighted by atomic mass is 31.0. The molecule has 0 aromatic heterocycles. The molecule has 0 amide bonds. The molecule has 1 aliphatic heterocycles. The van der Waals surface area contributed by atoms with Crippen molar-refractivity contribution in [2.45, 2.75) is 30.8 Å². The molecule has 3 unspecified atom stereocenters. The lowest BCUT2D eigenvalue weighted by atomic mass is 10.0. The molecule has 1 aromatic rings. The Bertz CT molecular complexity index is 487. The average Bonchev–Trinajstić information content (AvgIpc) is 2.85. The maximum Gasteiger partial charge on any atom is 0.199 e. The van der Waals surface area contributed by atoms with Gasteiger partial charge in [0.15, 0.2) is 17.9 Å². The van der Waals surface area contributed by atoms with Gasteiger partial charge in [-0.2, -0.15) is 0 Å². The van der Waals surface area contributed by atoms with E-state index in [1.165, 1.54) is 0 Å². The molecule has 3 rings (SSSR count). The molecule has 100 valence electrons. The Labute approximate surface area is 113 Å². The predicted molar refractivity (Wildman–Crippen MR) is 72.9 cm³/mol. The molecule has 0 spiro atoms. The number of carbonyl (C=O) groups excluding carboxylic acids is 1. The highest BCUT2D eigenvalue weighted by molar-refractivity contribution is 7.17. The van der Waals surface area contributed by atoms with Crippen molar-refractivity contribution >= 4 is 15.0 Å². The van der Waals surface area contributed by atoms with Crippen LogP contribution in [0.3, 0.4) is 0 Å². The summed E-state index contributed by atoms with van der Waals surface area (Å²) in [7, 11) is 2.55. The van der Waals surface area contributed by atoms with E-state index in [2.05, 4.69) is 9.24 Å². The predicted octanol–water partition coefficient (Wildman–Crippen LogP) is 1.91. The Morgan fingerprint density at radius 3 is 2.79 bits per heavy atom. The van der Waals surface area contributed by atoms with Crippen molar-refractivity contribution in [2.24, 2.45) is 0 Å². The van der Waals surface area contributed by atoms with E-state index in [1.807, 2.05) is 36.4 Å². The molecule has 0 saturated carbocycles. The summed E-state index contributed by atoms with van der Waals surface area (Å²) in [5.74, 6) is 0.366. The van der Waals surface area contributed by atoms with Gasteiger partial charge < -0.3 is 14.2 Å². The summed E-state index contributed by atoms with van der Waals surface area (Å²) >= 11 is 0. The molecule has 19 heavy (non-hydrogen) atoms. The molecule has 1 aliphatic carbocycles. The molecule has 0 N–H and O–H groups in total. The van der Waals surface area contributed by atoms with E-state index in [-0.39, 0.29) is 17.7 Å². The van der Waals surface area contributed by atoms with Gasteiger partial charge in [0, 0.05) is 0 Å². The topological polar surface area (TPSA) is 44.8 Å². The van der Waals surface area contributed by atoms with Gasteiger partial charge in [-0.3, -0.25) is 4.79 Å². The maximum atomic E-state index is 11.7. The summed E-state index contributed by atoms with van der Waals surface area (Å²) in [6.07, 6.45) is 2.87. The smallest absolute Gasteiger partial charge is 0.199 e. The summed E-state index contributed by atoms with van der Waals surface area (Å²) in [6.45, 7) is 0. The first-order chi connectivity index (χ1) is 9.24. The molecule has 1 saturated heterocycles. The SMILES string of the molecule is O=C1C=CC[C@@H]2OC(C(P)Oc3ccccc3)O[C@H]12. The van der Waals surface area contributed by atoms with Crippen LogP contribution in [0.1, 0.15) is 6.42 Å². The zero-order valence-electron chi connectivity index (χ0n) is 10.3. The van der Waals surface area contributed by atoms with Gasteiger partial charge in [0.25, 0.3) is 0 Å². The van der Waals surface area contributed by atoms with Gasteiger partial charge in [-0.15, -0.1) is 0 Å². The highest BCUT2D eigenvalue weighted by Crippen LogP contribution is 2.31. The molecule has 4 nitrogen and oxygen atoms in total. The molecule has 5 atom stereocenters. The molecule has 0 bridgehead atoms. The third-order valence-corrected chi connectivity index (χ3v) is 3.59. The number of rotatable bonds is 3. The van der Waals surface area contributed by atoms with E-state index < -0.39 is 12.4 Å². The second-order valence-corrected chi connectivity index (χ2v) is 5.19. The largest absolute Gasteiger partial charge is 0.481 e. The fourth-order valence-electron chi connectivity index (χ4n) is 2.22. The molecule has 1 heterocycles. The quantitative estimate of drug-likeness (QED) is 0.792. The normalized spacial score (nSPS) is 31.0. The monoisotopic (exact) mass is 278 g/mol. The molecular weight excluding hydrogens is 263 g/mol. The summed E-state index contributed by atoms with van der Waals surface area (Å²) in [5, 5.41) is 0. The summed E-state index contributed by atoms with van der Waals surface area (Å²) < 4.78 is 17.1. The van der Waals surface area contributed by atoms with Gasteiger partial charge in [-0.1, -0.05) is 33.5 Å². The van der Waals surface area contributed by atoms with E-state index in [4.69, 9.17) is 14.2 Å². The number of hydrogen-bond donors (Lipinski definition) is 0. The number of benzene rings is 1. The number of fused-ring (bicyclic) bond motifs is 1. The van der Waals surface area contributed by atoms with Crippen molar-refractivity contribution in [3.63, 3.8) is 0 Å². The van der Waals surface area contributed by atoms with E-state index in [9.17, 15) is 4.79 Å². The minimum Gasteiger partial charge on any atom is -0.481 e. The van der Waals surface area contributed by atoms with Crippen molar-refractivity contribution in [2.75, 3.05) is 0 Å². The third-order valence-electron chi connectivity index (χ3n) is 3.14.